The second kappa shape index (κ2) is 6.99. The third-order valence-electron chi connectivity index (χ3n) is 4.65. The summed E-state index contributed by atoms with van der Waals surface area (Å²) in [5.74, 6) is -0.383. The molecule has 1 atom stereocenters. The first-order valence-electron chi connectivity index (χ1n) is 8.97. The lowest BCUT2D eigenvalue weighted by Crippen LogP contribution is -2.46. The van der Waals surface area contributed by atoms with E-state index in [9.17, 15) is 14.4 Å². The molecule has 140 valence electrons. The van der Waals surface area contributed by atoms with Crippen molar-refractivity contribution < 1.29 is 19.1 Å². The molecule has 1 heterocycles. The van der Waals surface area contributed by atoms with Gasteiger partial charge in [-0.15, -0.1) is 0 Å². The van der Waals surface area contributed by atoms with Crippen LogP contribution in [0.1, 0.15) is 44.7 Å². The van der Waals surface area contributed by atoms with Gasteiger partial charge in [0.1, 0.15) is 17.3 Å². The summed E-state index contributed by atoms with van der Waals surface area (Å²) in [5.41, 5.74) is 0.165. The van der Waals surface area contributed by atoms with E-state index >= 15 is 0 Å². The van der Waals surface area contributed by atoms with Crippen molar-refractivity contribution in [3.63, 3.8) is 0 Å². The Labute approximate surface area is 158 Å². The van der Waals surface area contributed by atoms with Gasteiger partial charge in [-0.2, -0.15) is 0 Å². The van der Waals surface area contributed by atoms with Crippen LogP contribution < -0.4 is 4.90 Å². The molecule has 5 nitrogen and oxygen atoms in total. The third kappa shape index (κ3) is 3.25. The smallest absolute Gasteiger partial charge is 0.421 e. The Balaban J connectivity index is 2.19. The van der Waals surface area contributed by atoms with Gasteiger partial charge in [0.2, 0.25) is 0 Å². The van der Waals surface area contributed by atoms with E-state index in [0.717, 1.165) is 16.7 Å². The highest BCUT2D eigenvalue weighted by Gasteiger charge is 2.54. The van der Waals surface area contributed by atoms with Crippen LogP contribution in [0, 0.1) is 0 Å². The molecule has 0 saturated heterocycles. The maximum absolute atomic E-state index is 13.6. The molecule has 1 aliphatic heterocycles. The van der Waals surface area contributed by atoms with E-state index in [1.165, 1.54) is 0 Å². The first kappa shape index (κ1) is 18.8. The molecule has 0 radical (unpaired) electrons. The van der Waals surface area contributed by atoms with E-state index in [2.05, 4.69) is 0 Å². The average Bonchev–Trinajstić information content (AvgIpc) is 2.88. The van der Waals surface area contributed by atoms with Crippen molar-refractivity contribution in [1.82, 2.24) is 0 Å². The molecule has 5 heteroatoms. The SMILES string of the molecule is CC(C)(C)OC(=O)N1C(=O)[C@@](CCC=O)(c2ccccc2)c2ccccc21. The van der Waals surface area contributed by atoms with Gasteiger partial charge in [-0.05, 0) is 44.4 Å². The van der Waals surface area contributed by atoms with Crippen molar-refractivity contribution in [2.45, 2.75) is 44.6 Å². The minimum atomic E-state index is -1.09. The number of hydrogen-bond acceptors (Lipinski definition) is 4. The highest BCUT2D eigenvalue weighted by atomic mass is 16.6. The molecule has 0 fully saturated rings. The molecule has 2 amide bonds. The molecule has 0 bridgehead atoms. The first-order valence-corrected chi connectivity index (χ1v) is 8.97. The molecule has 3 rings (SSSR count). The van der Waals surface area contributed by atoms with E-state index in [4.69, 9.17) is 4.74 Å². The van der Waals surface area contributed by atoms with E-state index in [-0.39, 0.29) is 18.7 Å². The van der Waals surface area contributed by atoms with Crippen molar-refractivity contribution in [2.75, 3.05) is 4.90 Å². The predicted molar refractivity (Wildman–Crippen MR) is 103 cm³/mol. The number of aldehydes is 1. The van der Waals surface area contributed by atoms with Gasteiger partial charge >= 0.3 is 6.09 Å². The number of rotatable bonds is 4. The lowest BCUT2D eigenvalue weighted by molar-refractivity contribution is -0.122. The number of para-hydroxylation sites is 1. The zero-order chi connectivity index (χ0) is 19.7. The van der Waals surface area contributed by atoms with E-state index in [1.54, 1.807) is 32.9 Å². The summed E-state index contributed by atoms with van der Waals surface area (Å²) in [6.07, 6.45) is 0.590. The molecular weight excluding hydrogens is 342 g/mol. The number of amides is 2. The third-order valence-corrected chi connectivity index (χ3v) is 4.65. The topological polar surface area (TPSA) is 63.7 Å². The standard InChI is InChI=1S/C22H23NO4/c1-21(2,3)27-20(26)23-18-13-8-7-12-17(18)22(19(23)25,14-9-15-24)16-10-5-4-6-11-16/h4-8,10-13,15H,9,14H2,1-3H3/t22-/m0/s1. The fourth-order valence-electron chi connectivity index (χ4n) is 3.60. The molecular formula is C22H23NO4. The Hall–Kier alpha value is -2.95. The molecule has 0 spiro atoms. The molecule has 0 N–H and O–H groups in total. The number of fused-ring (bicyclic) bond motifs is 1. The van der Waals surface area contributed by atoms with Gasteiger partial charge in [0.05, 0.1) is 5.69 Å². The van der Waals surface area contributed by atoms with Crippen molar-refractivity contribution in [1.29, 1.82) is 0 Å². The lowest BCUT2D eigenvalue weighted by atomic mass is 9.72. The molecule has 0 saturated carbocycles. The quantitative estimate of drug-likeness (QED) is 0.761. The van der Waals surface area contributed by atoms with Crippen LogP contribution in [-0.2, 0) is 19.7 Å². The van der Waals surface area contributed by atoms with Crippen LogP contribution in [0.3, 0.4) is 0 Å². The van der Waals surface area contributed by atoms with Crippen LogP contribution in [0.4, 0.5) is 10.5 Å². The monoisotopic (exact) mass is 365 g/mol. The Bertz CT molecular complexity index is 869. The first-order chi connectivity index (χ1) is 12.8. The van der Waals surface area contributed by atoms with Gasteiger partial charge in [-0.3, -0.25) is 4.79 Å². The van der Waals surface area contributed by atoms with Crippen molar-refractivity contribution in [3.05, 3.63) is 65.7 Å². The van der Waals surface area contributed by atoms with Gasteiger partial charge < -0.3 is 9.53 Å². The van der Waals surface area contributed by atoms with Crippen LogP contribution in [0.25, 0.3) is 0 Å². The largest absolute Gasteiger partial charge is 0.443 e. The molecule has 0 unspecified atom stereocenters. The summed E-state index contributed by atoms with van der Waals surface area (Å²) in [6.45, 7) is 5.27. The normalized spacial score (nSPS) is 18.9. The number of carbonyl (C=O) groups excluding carboxylic acids is 3. The highest BCUT2D eigenvalue weighted by Crippen LogP contribution is 2.49. The van der Waals surface area contributed by atoms with Gasteiger partial charge in [-0.1, -0.05) is 48.5 Å². The fourth-order valence-corrected chi connectivity index (χ4v) is 3.60. The minimum Gasteiger partial charge on any atom is -0.443 e. The zero-order valence-corrected chi connectivity index (χ0v) is 15.8. The van der Waals surface area contributed by atoms with Crippen LogP contribution in [0.5, 0.6) is 0 Å². The van der Waals surface area contributed by atoms with Gasteiger partial charge in [0.25, 0.3) is 5.91 Å². The maximum Gasteiger partial charge on any atom is 0.421 e. The molecule has 0 aromatic heterocycles. The molecule has 27 heavy (non-hydrogen) atoms. The number of carbonyl (C=O) groups is 3. The van der Waals surface area contributed by atoms with Gasteiger partial charge in [0.15, 0.2) is 0 Å². The Morgan fingerprint density at radius 2 is 1.70 bits per heavy atom. The van der Waals surface area contributed by atoms with Crippen LogP contribution >= 0.6 is 0 Å². The molecule has 1 aliphatic rings. The second-order valence-electron chi connectivity index (χ2n) is 7.61. The van der Waals surface area contributed by atoms with E-state index < -0.39 is 17.1 Å². The van der Waals surface area contributed by atoms with E-state index in [0.29, 0.717) is 11.3 Å². The van der Waals surface area contributed by atoms with Gasteiger partial charge in [0, 0.05) is 6.42 Å². The van der Waals surface area contributed by atoms with Crippen LogP contribution in [-0.4, -0.2) is 23.9 Å². The van der Waals surface area contributed by atoms with Crippen molar-refractivity contribution >= 4 is 24.0 Å². The molecule has 2 aromatic carbocycles. The maximum atomic E-state index is 13.6. The zero-order valence-electron chi connectivity index (χ0n) is 15.8. The number of benzene rings is 2. The van der Waals surface area contributed by atoms with Crippen LogP contribution in [0.2, 0.25) is 0 Å². The number of imide groups is 1. The number of anilines is 1. The van der Waals surface area contributed by atoms with Crippen molar-refractivity contribution in [2.24, 2.45) is 0 Å². The number of hydrogen-bond donors (Lipinski definition) is 0. The highest BCUT2D eigenvalue weighted by molar-refractivity contribution is 6.22. The molecule has 0 aliphatic carbocycles. The summed E-state index contributed by atoms with van der Waals surface area (Å²) in [6, 6.07) is 16.5. The second-order valence-corrected chi connectivity index (χ2v) is 7.61. The summed E-state index contributed by atoms with van der Waals surface area (Å²) < 4.78 is 5.48. The minimum absolute atomic E-state index is 0.205. The van der Waals surface area contributed by atoms with Gasteiger partial charge in [-0.25, -0.2) is 9.69 Å². The fraction of sp³-hybridized carbons (Fsp3) is 0.318. The summed E-state index contributed by atoms with van der Waals surface area (Å²) in [4.78, 5) is 38.7. The summed E-state index contributed by atoms with van der Waals surface area (Å²) in [7, 11) is 0. The Kier molecular flexibility index (Phi) is 4.87. The van der Waals surface area contributed by atoms with E-state index in [1.807, 2.05) is 42.5 Å². The van der Waals surface area contributed by atoms with Crippen molar-refractivity contribution in [3.8, 4) is 0 Å². The number of ether oxygens (including phenoxy) is 1. The average molecular weight is 365 g/mol. The van der Waals surface area contributed by atoms with Crippen LogP contribution in [0.15, 0.2) is 54.6 Å². The Morgan fingerprint density at radius 3 is 2.33 bits per heavy atom. The number of nitrogens with zero attached hydrogens (tertiary/aromatic N) is 1. The molecule has 2 aromatic rings. The Morgan fingerprint density at radius 1 is 1.07 bits per heavy atom. The summed E-state index contributed by atoms with van der Waals surface area (Å²) in [5, 5.41) is 0. The lowest BCUT2D eigenvalue weighted by Gasteiger charge is -2.29. The summed E-state index contributed by atoms with van der Waals surface area (Å²) >= 11 is 0. The predicted octanol–water partition coefficient (Wildman–Crippen LogP) is 4.23.